The maximum absolute atomic E-state index is 12.1. The second-order valence-electron chi connectivity index (χ2n) is 5.92. The van der Waals surface area contributed by atoms with Crippen LogP contribution < -0.4 is 0 Å². The van der Waals surface area contributed by atoms with Gasteiger partial charge in [-0.15, -0.1) is 0 Å². The van der Waals surface area contributed by atoms with E-state index in [2.05, 4.69) is 37.3 Å². The van der Waals surface area contributed by atoms with Gasteiger partial charge in [0.15, 0.2) is 0 Å². The van der Waals surface area contributed by atoms with Gasteiger partial charge in [0.05, 0.1) is 0 Å². The number of Topliss-reactive ketones (excluding diaryl/α,β-unsaturated/α-hetero) is 1. The topological polar surface area (TPSA) is 17.1 Å². The number of rotatable bonds is 4. The minimum atomic E-state index is 0.395. The lowest BCUT2D eigenvalue weighted by atomic mass is 9.72. The first-order chi connectivity index (χ1) is 9.22. The van der Waals surface area contributed by atoms with E-state index in [9.17, 15) is 4.79 Å². The molecule has 0 aliphatic heterocycles. The molecule has 0 heterocycles. The Balaban J connectivity index is 1.68. The lowest BCUT2D eigenvalue weighted by Gasteiger charge is -2.33. The SMILES string of the molecule is CC1CCC1CC(=O)Cc1ccc2ccccc2c1. The van der Waals surface area contributed by atoms with Crippen LogP contribution in [0.2, 0.25) is 0 Å². The predicted molar refractivity (Wildman–Crippen MR) is 79.2 cm³/mol. The fourth-order valence-corrected chi connectivity index (χ4v) is 2.98. The van der Waals surface area contributed by atoms with Crippen LogP contribution in [0.1, 0.15) is 31.7 Å². The van der Waals surface area contributed by atoms with Gasteiger partial charge in [-0.2, -0.15) is 0 Å². The highest BCUT2D eigenvalue weighted by atomic mass is 16.1. The van der Waals surface area contributed by atoms with Gasteiger partial charge >= 0.3 is 0 Å². The number of carbonyl (C=O) groups is 1. The van der Waals surface area contributed by atoms with Gasteiger partial charge in [0, 0.05) is 12.8 Å². The van der Waals surface area contributed by atoms with Crippen molar-refractivity contribution < 1.29 is 4.79 Å². The highest BCUT2D eigenvalue weighted by molar-refractivity contribution is 5.86. The van der Waals surface area contributed by atoms with Crippen molar-refractivity contribution in [2.45, 2.75) is 32.6 Å². The van der Waals surface area contributed by atoms with Gasteiger partial charge in [0.2, 0.25) is 0 Å². The van der Waals surface area contributed by atoms with Gasteiger partial charge in [-0.3, -0.25) is 4.79 Å². The highest BCUT2D eigenvalue weighted by Gasteiger charge is 2.28. The van der Waals surface area contributed by atoms with Crippen LogP contribution >= 0.6 is 0 Å². The molecule has 0 amide bonds. The van der Waals surface area contributed by atoms with E-state index < -0.39 is 0 Å². The molecule has 0 radical (unpaired) electrons. The van der Waals surface area contributed by atoms with E-state index in [4.69, 9.17) is 0 Å². The summed E-state index contributed by atoms with van der Waals surface area (Å²) in [7, 11) is 0. The average molecular weight is 252 g/mol. The highest BCUT2D eigenvalue weighted by Crippen LogP contribution is 2.36. The molecule has 3 rings (SSSR count). The smallest absolute Gasteiger partial charge is 0.137 e. The van der Waals surface area contributed by atoms with Crippen molar-refractivity contribution in [1.82, 2.24) is 0 Å². The molecule has 1 aliphatic rings. The molecule has 2 aromatic carbocycles. The summed E-state index contributed by atoms with van der Waals surface area (Å²) < 4.78 is 0. The van der Waals surface area contributed by atoms with Crippen molar-refractivity contribution in [3.05, 3.63) is 48.0 Å². The molecule has 1 aliphatic carbocycles. The number of hydrogen-bond acceptors (Lipinski definition) is 1. The van der Waals surface area contributed by atoms with Crippen molar-refractivity contribution in [1.29, 1.82) is 0 Å². The van der Waals surface area contributed by atoms with E-state index in [1.165, 1.54) is 23.6 Å². The molecule has 19 heavy (non-hydrogen) atoms. The first kappa shape index (κ1) is 12.4. The van der Waals surface area contributed by atoms with Crippen LogP contribution in [0.15, 0.2) is 42.5 Å². The van der Waals surface area contributed by atoms with E-state index in [1.807, 2.05) is 12.1 Å². The van der Waals surface area contributed by atoms with Crippen LogP contribution in [0.4, 0.5) is 0 Å². The third-order valence-corrected chi connectivity index (χ3v) is 4.50. The molecule has 0 saturated heterocycles. The summed E-state index contributed by atoms with van der Waals surface area (Å²) in [4.78, 5) is 12.1. The number of benzene rings is 2. The molecule has 0 spiro atoms. The maximum atomic E-state index is 12.1. The monoisotopic (exact) mass is 252 g/mol. The first-order valence-electron chi connectivity index (χ1n) is 7.22. The molecule has 0 N–H and O–H groups in total. The van der Waals surface area contributed by atoms with Crippen molar-refractivity contribution >= 4 is 16.6 Å². The van der Waals surface area contributed by atoms with Crippen LogP contribution in [0.25, 0.3) is 10.8 Å². The van der Waals surface area contributed by atoms with Gasteiger partial charge in [-0.25, -0.2) is 0 Å². The summed E-state index contributed by atoms with van der Waals surface area (Å²) in [6.45, 7) is 2.26. The zero-order valence-electron chi connectivity index (χ0n) is 11.4. The number of fused-ring (bicyclic) bond motifs is 1. The van der Waals surface area contributed by atoms with Crippen LogP contribution in [-0.4, -0.2) is 5.78 Å². The molecule has 0 aromatic heterocycles. The van der Waals surface area contributed by atoms with Crippen LogP contribution in [0, 0.1) is 11.8 Å². The normalized spacial score (nSPS) is 22.2. The van der Waals surface area contributed by atoms with Gasteiger partial charge < -0.3 is 0 Å². The Morgan fingerprint density at radius 2 is 1.89 bits per heavy atom. The van der Waals surface area contributed by atoms with Crippen LogP contribution in [0.3, 0.4) is 0 Å². The molecule has 98 valence electrons. The molecule has 2 atom stereocenters. The summed E-state index contributed by atoms with van der Waals surface area (Å²) >= 11 is 0. The summed E-state index contributed by atoms with van der Waals surface area (Å²) in [6, 6.07) is 14.7. The molecule has 1 fully saturated rings. The van der Waals surface area contributed by atoms with Gasteiger partial charge in [0.25, 0.3) is 0 Å². The zero-order valence-corrected chi connectivity index (χ0v) is 11.4. The Kier molecular flexibility index (Phi) is 3.37. The van der Waals surface area contributed by atoms with Gasteiger partial charge in [-0.1, -0.05) is 55.8 Å². The van der Waals surface area contributed by atoms with Crippen molar-refractivity contribution in [3.8, 4) is 0 Å². The Hall–Kier alpha value is -1.63. The molecule has 0 bridgehead atoms. The zero-order chi connectivity index (χ0) is 13.2. The van der Waals surface area contributed by atoms with E-state index >= 15 is 0 Å². The second-order valence-corrected chi connectivity index (χ2v) is 5.92. The third-order valence-electron chi connectivity index (χ3n) is 4.50. The quantitative estimate of drug-likeness (QED) is 0.788. The molecular weight excluding hydrogens is 232 g/mol. The number of hydrogen-bond donors (Lipinski definition) is 0. The Labute approximate surface area is 114 Å². The molecule has 2 unspecified atom stereocenters. The summed E-state index contributed by atoms with van der Waals surface area (Å²) in [5.74, 6) is 1.79. The van der Waals surface area contributed by atoms with E-state index in [-0.39, 0.29) is 0 Å². The van der Waals surface area contributed by atoms with E-state index in [0.717, 1.165) is 17.9 Å². The average Bonchev–Trinajstić information content (AvgIpc) is 2.43. The van der Waals surface area contributed by atoms with Crippen molar-refractivity contribution in [2.75, 3.05) is 0 Å². The summed E-state index contributed by atoms with van der Waals surface area (Å²) in [5, 5.41) is 2.47. The summed E-state index contributed by atoms with van der Waals surface area (Å²) in [6.07, 6.45) is 3.90. The fraction of sp³-hybridized carbons (Fsp3) is 0.389. The third kappa shape index (κ3) is 2.70. The number of ketones is 1. The van der Waals surface area contributed by atoms with Crippen molar-refractivity contribution in [2.24, 2.45) is 11.8 Å². The second kappa shape index (κ2) is 5.16. The summed E-state index contributed by atoms with van der Waals surface area (Å²) in [5.41, 5.74) is 1.15. The molecule has 1 heteroatoms. The van der Waals surface area contributed by atoms with E-state index in [0.29, 0.717) is 18.1 Å². The molecule has 2 aromatic rings. The first-order valence-corrected chi connectivity index (χ1v) is 7.22. The molecular formula is C18H20O. The Bertz CT molecular complexity index is 599. The maximum Gasteiger partial charge on any atom is 0.137 e. The largest absolute Gasteiger partial charge is 0.299 e. The number of carbonyl (C=O) groups excluding carboxylic acids is 1. The molecule has 1 saturated carbocycles. The fourth-order valence-electron chi connectivity index (χ4n) is 2.98. The lowest BCUT2D eigenvalue weighted by molar-refractivity contribution is -0.120. The van der Waals surface area contributed by atoms with Crippen LogP contribution in [-0.2, 0) is 11.2 Å². The Morgan fingerprint density at radius 1 is 1.11 bits per heavy atom. The minimum Gasteiger partial charge on any atom is -0.299 e. The predicted octanol–water partition coefficient (Wildman–Crippen LogP) is 4.39. The minimum absolute atomic E-state index is 0.395. The van der Waals surface area contributed by atoms with E-state index in [1.54, 1.807) is 0 Å². The van der Waals surface area contributed by atoms with Crippen LogP contribution in [0.5, 0.6) is 0 Å². The van der Waals surface area contributed by atoms with Crippen molar-refractivity contribution in [3.63, 3.8) is 0 Å². The standard InChI is InChI=1S/C18H20O/c1-13-6-8-16(13)12-18(19)11-14-7-9-15-4-2-3-5-17(15)10-14/h2-5,7,9-10,13,16H,6,8,11-12H2,1H3. The Morgan fingerprint density at radius 3 is 2.58 bits per heavy atom. The molecule has 1 nitrogen and oxygen atoms in total. The van der Waals surface area contributed by atoms with Gasteiger partial charge in [0.1, 0.15) is 5.78 Å². The van der Waals surface area contributed by atoms with Gasteiger partial charge in [-0.05, 0) is 34.6 Å². The lowest BCUT2D eigenvalue weighted by Crippen LogP contribution is -2.26.